The molecule has 0 saturated carbocycles. The minimum absolute atomic E-state index is 0.0868. The lowest BCUT2D eigenvalue weighted by molar-refractivity contribution is 0.0734. The number of carbonyl (C=O) groups is 1. The van der Waals surface area contributed by atoms with Crippen LogP contribution in [0.2, 0.25) is 0 Å². The van der Waals surface area contributed by atoms with Gasteiger partial charge in [0.1, 0.15) is 0 Å². The number of amides is 1. The van der Waals surface area contributed by atoms with E-state index in [1.165, 1.54) is 5.69 Å². The quantitative estimate of drug-likeness (QED) is 0.730. The van der Waals surface area contributed by atoms with E-state index in [0.29, 0.717) is 6.54 Å². The van der Waals surface area contributed by atoms with Gasteiger partial charge in [-0.15, -0.1) is 0 Å². The topological polar surface area (TPSA) is 38.1 Å². The standard InChI is InChI=1S/C19H17N3O/c23-19(15-7-3-1-4-8-15)21-12-11-18-16(14-21)13-20-22(18)17-9-5-2-6-10-17/h1-10,13H,11-12,14H2. The molecule has 1 aromatic heterocycles. The summed E-state index contributed by atoms with van der Waals surface area (Å²) in [7, 11) is 0. The third kappa shape index (κ3) is 2.52. The van der Waals surface area contributed by atoms with Gasteiger partial charge in [0.15, 0.2) is 0 Å². The molecule has 4 nitrogen and oxygen atoms in total. The highest BCUT2D eigenvalue weighted by molar-refractivity contribution is 5.94. The van der Waals surface area contributed by atoms with Gasteiger partial charge in [-0.2, -0.15) is 5.10 Å². The van der Waals surface area contributed by atoms with Crippen molar-refractivity contribution in [3.8, 4) is 5.69 Å². The molecule has 0 fully saturated rings. The molecule has 3 aromatic rings. The van der Waals surface area contributed by atoms with E-state index in [-0.39, 0.29) is 5.91 Å². The predicted octanol–water partition coefficient (Wildman–Crippen LogP) is 3.07. The van der Waals surface area contributed by atoms with Crippen LogP contribution in [-0.4, -0.2) is 27.1 Å². The molecule has 2 aromatic carbocycles. The average molecular weight is 303 g/mol. The molecule has 0 saturated heterocycles. The van der Waals surface area contributed by atoms with E-state index in [2.05, 4.69) is 17.2 Å². The Labute approximate surface area is 135 Å². The normalized spacial score (nSPS) is 13.7. The van der Waals surface area contributed by atoms with Gasteiger partial charge in [-0.1, -0.05) is 36.4 Å². The Balaban J connectivity index is 1.60. The zero-order valence-electron chi connectivity index (χ0n) is 12.7. The first-order valence-corrected chi connectivity index (χ1v) is 7.78. The number of carbonyl (C=O) groups excluding carboxylic acids is 1. The van der Waals surface area contributed by atoms with E-state index in [9.17, 15) is 4.79 Å². The van der Waals surface area contributed by atoms with E-state index >= 15 is 0 Å². The van der Waals surface area contributed by atoms with Crippen LogP contribution in [0.25, 0.3) is 5.69 Å². The van der Waals surface area contributed by atoms with Gasteiger partial charge >= 0.3 is 0 Å². The smallest absolute Gasteiger partial charge is 0.254 e. The summed E-state index contributed by atoms with van der Waals surface area (Å²) in [5.74, 6) is 0.0868. The molecule has 0 radical (unpaired) electrons. The summed E-state index contributed by atoms with van der Waals surface area (Å²) in [6.07, 6.45) is 2.70. The number of fused-ring (bicyclic) bond motifs is 1. The summed E-state index contributed by atoms with van der Waals surface area (Å²) in [6, 6.07) is 19.6. The molecule has 114 valence electrons. The van der Waals surface area contributed by atoms with Crippen LogP contribution in [0, 0.1) is 0 Å². The number of para-hydroxylation sites is 1. The number of benzene rings is 2. The third-order valence-electron chi connectivity index (χ3n) is 4.24. The van der Waals surface area contributed by atoms with Crippen LogP contribution in [-0.2, 0) is 13.0 Å². The van der Waals surface area contributed by atoms with Gasteiger partial charge in [0.25, 0.3) is 5.91 Å². The molecule has 0 unspecified atom stereocenters. The largest absolute Gasteiger partial charge is 0.334 e. The van der Waals surface area contributed by atoms with Crippen molar-refractivity contribution in [1.82, 2.24) is 14.7 Å². The van der Waals surface area contributed by atoms with E-state index in [1.54, 1.807) is 0 Å². The fourth-order valence-electron chi connectivity index (χ4n) is 3.06. The molecule has 1 aliphatic heterocycles. The third-order valence-corrected chi connectivity index (χ3v) is 4.24. The summed E-state index contributed by atoms with van der Waals surface area (Å²) in [4.78, 5) is 14.5. The van der Waals surface area contributed by atoms with Gasteiger partial charge in [-0.05, 0) is 24.3 Å². The molecular weight excluding hydrogens is 286 g/mol. The van der Waals surface area contributed by atoms with Crippen LogP contribution in [0.5, 0.6) is 0 Å². The highest BCUT2D eigenvalue weighted by Crippen LogP contribution is 2.23. The molecule has 0 bridgehead atoms. The van der Waals surface area contributed by atoms with Crippen LogP contribution < -0.4 is 0 Å². The molecule has 4 rings (SSSR count). The van der Waals surface area contributed by atoms with Crippen molar-refractivity contribution in [2.24, 2.45) is 0 Å². The van der Waals surface area contributed by atoms with Crippen molar-refractivity contribution >= 4 is 5.91 Å². The predicted molar refractivity (Wildman–Crippen MR) is 88.5 cm³/mol. The SMILES string of the molecule is O=C(c1ccccc1)N1CCc2c(cnn2-c2ccccc2)C1. The average Bonchev–Trinajstić information content (AvgIpc) is 3.06. The van der Waals surface area contributed by atoms with Crippen molar-refractivity contribution in [2.75, 3.05) is 6.54 Å². The molecule has 0 spiro atoms. The summed E-state index contributed by atoms with van der Waals surface area (Å²) in [5.41, 5.74) is 4.14. The van der Waals surface area contributed by atoms with E-state index in [0.717, 1.165) is 29.8 Å². The first-order chi connectivity index (χ1) is 11.3. The molecule has 23 heavy (non-hydrogen) atoms. The first-order valence-electron chi connectivity index (χ1n) is 7.78. The second-order valence-corrected chi connectivity index (χ2v) is 5.71. The van der Waals surface area contributed by atoms with E-state index < -0.39 is 0 Å². The van der Waals surface area contributed by atoms with Crippen LogP contribution in [0.4, 0.5) is 0 Å². The Morgan fingerprint density at radius 2 is 1.65 bits per heavy atom. The highest BCUT2D eigenvalue weighted by Gasteiger charge is 2.24. The van der Waals surface area contributed by atoms with Crippen LogP contribution in [0.1, 0.15) is 21.6 Å². The van der Waals surface area contributed by atoms with Crippen LogP contribution in [0.3, 0.4) is 0 Å². The number of nitrogens with zero attached hydrogens (tertiary/aromatic N) is 3. The van der Waals surface area contributed by atoms with Crippen molar-refractivity contribution < 1.29 is 4.79 Å². The van der Waals surface area contributed by atoms with Gasteiger partial charge in [0.2, 0.25) is 0 Å². The zero-order chi connectivity index (χ0) is 15.6. The Morgan fingerprint density at radius 1 is 0.957 bits per heavy atom. The van der Waals surface area contributed by atoms with Crippen molar-refractivity contribution in [3.05, 3.63) is 83.7 Å². The minimum Gasteiger partial charge on any atom is -0.334 e. The Morgan fingerprint density at radius 3 is 2.39 bits per heavy atom. The van der Waals surface area contributed by atoms with Gasteiger partial charge in [-0.3, -0.25) is 4.79 Å². The molecule has 1 amide bonds. The summed E-state index contributed by atoms with van der Waals surface area (Å²) in [5, 5.41) is 4.51. The number of hydrogen-bond acceptors (Lipinski definition) is 2. The maximum Gasteiger partial charge on any atom is 0.254 e. The van der Waals surface area contributed by atoms with Crippen molar-refractivity contribution in [1.29, 1.82) is 0 Å². The van der Waals surface area contributed by atoms with Gasteiger partial charge in [0, 0.05) is 30.6 Å². The molecule has 2 heterocycles. The molecule has 0 N–H and O–H groups in total. The van der Waals surface area contributed by atoms with Gasteiger partial charge < -0.3 is 4.90 Å². The molecule has 1 aliphatic rings. The summed E-state index contributed by atoms with van der Waals surface area (Å²) in [6.45, 7) is 1.34. The number of hydrogen-bond donors (Lipinski definition) is 0. The molecular formula is C19H17N3O. The maximum atomic E-state index is 12.6. The molecule has 0 aliphatic carbocycles. The summed E-state index contributed by atoms with van der Waals surface area (Å²) >= 11 is 0. The lowest BCUT2D eigenvalue weighted by Gasteiger charge is -2.27. The van der Waals surface area contributed by atoms with Crippen molar-refractivity contribution in [3.63, 3.8) is 0 Å². The Hall–Kier alpha value is -2.88. The second-order valence-electron chi connectivity index (χ2n) is 5.71. The second kappa shape index (κ2) is 5.72. The maximum absolute atomic E-state index is 12.6. The van der Waals surface area contributed by atoms with Gasteiger partial charge in [-0.25, -0.2) is 4.68 Å². The highest BCUT2D eigenvalue weighted by atomic mass is 16.2. The number of rotatable bonds is 2. The molecule has 0 atom stereocenters. The zero-order valence-corrected chi connectivity index (χ0v) is 12.7. The monoisotopic (exact) mass is 303 g/mol. The molecule has 4 heteroatoms. The summed E-state index contributed by atoms with van der Waals surface area (Å²) < 4.78 is 1.99. The Kier molecular flexibility index (Phi) is 3.42. The minimum atomic E-state index is 0.0868. The fraction of sp³-hybridized carbons (Fsp3) is 0.158. The lowest BCUT2D eigenvalue weighted by Crippen LogP contribution is -2.36. The number of aromatic nitrogens is 2. The van der Waals surface area contributed by atoms with Crippen LogP contribution in [0.15, 0.2) is 66.9 Å². The van der Waals surface area contributed by atoms with Crippen LogP contribution >= 0.6 is 0 Å². The first kappa shape index (κ1) is 13.8. The lowest BCUT2D eigenvalue weighted by atomic mass is 10.1. The van der Waals surface area contributed by atoms with E-state index in [4.69, 9.17) is 0 Å². The Bertz CT molecular complexity index is 824. The van der Waals surface area contributed by atoms with E-state index in [1.807, 2.05) is 64.3 Å². The van der Waals surface area contributed by atoms with Gasteiger partial charge in [0.05, 0.1) is 17.6 Å². The van der Waals surface area contributed by atoms with Crippen molar-refractivity contribution in [2.45, 2.75) is 13.0 Å². The fourth-order valence-corrected chi connectivity index (χ4v) is 3.06.